The van der Waals surface area contributed by atoms with Gasteiger partial charge in [0.15, 0.2) is 0 Å². The van der Waals surface area contributed by atoms with E-state index in [2.05, 4.69) is 91.0 Å². The number of rotatable bonds is 4. The van der Waals surface area contributed by atoms with E-state index in [4.69, 9.17) is 11.5 Å². The van der Waals surface area contributed by atoms with Crippen LogP contribution < -0.4 is 11.5 Å². The van der Waals surface area contributed by atoms with Gasteiger partial charge in [0.2, 0.25) is 0 Å². The highest BCUT2D eigenvalue weighted by atomic mass is 14.8. The molecule has 0 aliphatic heterocycles. The van der Waals surface area contributed by atoms with Gasteiger partial charge in [-0.2, -0.15) is 0 Å². The Morgan fingerprint density at radius 1 is 0.538 bits per heavy atom. The van der Waals surface area contributed by atoms with Crippen molar-refractivity contribution in [3.8, 4) is 0 Å². The molecule has 1 aliphatic carbocycles. The Morgan fingerprint density at radius 2 is 0.846 bits per heavy atom. The van der Waals surface area contributed by atoms with Crippen molar-refractivity contribution in [2.45, 2.75) is 30.3 Å². The van der Waals surface area contributed by atoms with Crippen molar-refractivity contribution >= 4 is 0 Å². The largest absolute Gasteiger partial charge is 0.327 e. The quantitative estimate of drug-likeness (QED) is 0.702. The van der Waals surface area contributed by atoms with Crippen molar-refractivity contribution in [2.24, 2.45) is 17.4 Å². The van der Waals surface area contributed by atoms with Crippen molar-refractivity contribution in [2.75, 3.05) is 0 Å². The van der Waals surface area contributed by atoms with Gasteiger partial charge in [0.25, 0.3) is 0 Å². The molecule has 0 aromatic heterocycles. The van der Waals surface area contributed by atoms with Gasteiger partial charge in [-0.1, -0.05) is 91.0 Å². The van der Waals surface area contributed by atoms with Gasteiger partial charge in [0.05, 0.1) is 5.41 Å². The van der Waals surface area contributed by atoms with E-state index in [0.717, 1.165) is 12.8 Å². The molecule has 2 nitrogen and oxygen atoms in total. The van der Waals surface area contributed by atoms with Crippen LogP contribution in [0.4, 0.5) is 0 Å². The zero-order valence-corrected chi connectivity index (χ0v) is 15.0. The van der Waals surface area contributed by atoms with Gasteiger partial charge in [-0.15, -0.1) is 0 Å². The number of hydrogen-bond acceptors (Lipinski definition) is 2. The van der Waals surface area contributed by atoms with E-state index >= 15 is 0 Å². The molecule has 132 valence electrons. The smallest absolute Gasteiger partial charge is 0.0508 e. The lowest BCUT2D eigenvalue weighted by Gasteiger charge is -2.44. The molecule has 0 bridgehead atoms. The van der Waals surface area contributed by atoms with Crippen molar-refractivity contribution in [3.05, 3.63) is 108 Å². The van der Waals surface area contributed by atoms with E-state index in [9.17, 15) is 0 Å². The van der Waals surface area contributed by atoms with Crippen molar-refractivity contribution in [1.82, 2.24) is 0 Å². The van der Waals surface area contributed by atoms with Crippen LogP contribution in [0, 0.1) is 5.92 Å². The van der Waals surface area contributed by atoms with Crippen LogP contribution in [0.3, 0.4) is 0 Å². The normalized spacial score (nSPS) is 23.1. The minimum atomic E-state index is -0.348. The molecule has 0 amide bonds. The Morgan fingerprint density at radius 3 is 1.15 bits per heavy atom. The molecule has 26 heavy (non-hydrogen) atoms. The predicted octanol–water partition coefficient (Wildman–Crippen LogP) is 4.09. The van der Waals surface area contributed by atoms with E-state index in [1.54, 1.807) is 0 Å². The van der Waals surface area contributed by atoms with Gasteiger partial charge in [0, 0.05) is 18.0 Å². The van der Waals surface area contributed by atoms with E-state index in [-0.39, 0.29) is 23.4 Å². The monoisotopic (exact) mass is 342 g/mol. The number of hydrogen-bond donors (Lipinski definition) is 2. The average Bonchev–Trinajstić information content (AvgIpc) is 3.04. The molecule has 0 saturated heterocycles. The van der Waals surface area contributed by atoms with Crippen LogP contribution in [0.15, 0.2) is 91.0 Å². The van der Waals surface area contributed by atoms with Gasteiger partial charge < -0.3 is 11.5 Å². The minimum Gasteiger partial charge on any atom is -0.327 e. The zero-order valence-electron chi connectivity index (χ0n) is 15.0. The Hall–Kier alpha value is -2.42. The lowest BCUT2D eigenvalue weighted by atomic mass is 9.59. The summed E-state index contributed by atoms with van der Waals surface area (Å²) in [6, 6.07) is 32.4. The first-order valence-corrected chi connectivity index (χ1v) is 9.42. The SMILES string of the molecule is NC1CCC(N)C1C(c1ccccc1)(c1ccccc1)c1ccccc1. The molecular weight excluding hydrogens is 316 g/mol. The van der Waals surface area contributed by atoms with Gasteiger partial charge in [0.1, 0.15) is 0 Å². The molecule has 4 rings (SSSR count). The third kappa shape index (κ3) is 2.66. The second-order valence-corrected chi connectivity index (χ2v) is 7.34. The highest BCUT2D eigenvalue weighted by Crippen LogP contribution is 2.50. The van der Waals surface area contributed by atoms with Crippen molar-refractivity contribution < 1.29 is 0 Å². The second kappa shape index (κ2) is 7.06. The standard InChI is InChI=1S/C24H26N2/c25-21-16-17-22(26)23(21)24(18-10-4-1-5-11-18,19-12-6-2-7-13-19)20-14-8-3-9-15-20/h1-15,21-23H,16-17,25-26H2. The summed E-state index contributed by atoms with van der Waals surface area (Å²) in [6.45, 7) is 0. The van der Waals surface area contributed by atoms with Gasteiger partial charge in [-0.25, -0.2) is 0 Å². The maximum atomic E-state index is 6.69. The van der Waals surface area contributed by atoms with E-state index < -0.39 is 0 Å². The fourth-order valence-corrected chi connectivity index (χ4v) is 4.88. The Bertz CT molecular complexity index is 723. The third-order valence-corrected chi connectivity index (χ3v) is 5.94. The molecule has 0 spiro atoms. The number of benzene rings is 3. The van der Waals surface area contributed by atoms with Gasteiger partial charge >= 0.3 is 0 Å². The fraction of sp³-hybridized carbons (Fsp3) is 0.250. The van der Waals surface area contributed by atoms with E-state index in [0.29, 0.717) is 0 Å². The molecule has 3 aromatic carbocycles. The summed E-state index contributed by atoms with van der Waals surface area (Å²) in [5, 5.41) is 0. The molecule has 2 heteroatoms. The molecule has 0 radical (unpaired) electrons. The minimum absolute atomic E-state index is 0.0746. The summed E-state index contributed by atoms with van der Waals surface area (Å²) in [6.07, 6.45) is 1.94. The maximum absolute atomic E-state index is 6.69. The van der Waals surface area contributed by atoms with E-state index in [1.807, 2.05) is 0 Å². The highest BCUT2D eigenvalue weighted by Gasteiger charge is 2.50. The molecule has 1 aliphatic rings. The number of nitrogens with two attached hydrogens (primary N) is 2. The van der Waals surface area contributed by atoms with Gasteiger partial charge in [-0.3, -0.25) is 0 Å². The van der Waals surface area contributed by atoms with Crippen LogP contribution in [0.2, 0.25) is 0 Å². The average molecular weight is 342 g/mol. The second-order valence-electron chi connectivity index (χ2n) is 7.34. The van der Waals surface area contributed by atoms with E-state index in [1.165, 1.54) is 16.7 Å². The first kappa shape index (κ1) is 17.0. The summed E-state index contributed by atoms with van der Waals surface area (Å²) >= 11 is 0. The summed E-state index contributed by atoms with van der Waals surface area (Å²) in [5.41, 5.74) is 16.8. The molecule has 1 fully saturated rings. The third-order valence-electron chi connectivity index (χ3n) is 5.94. The molecule has 4 N–H and O–H groups in total. The molecule has 1 saturated carbocycles. The fourth-order valence-electron chi connectivity index (χ4n) is 4.88. The van der Waals surface area contributed by atoms with Crippen molar-refractivity contribution in [3.63, 3.8) is 0 Å². The Kier molecular flexibility index (Phi) is 4.62. The summed E-state index contributed by atoms with van der Waals surface area (Å²) in [4.78, 5) is 0. The lowest BCUT2D eigenvalue weighted by Crippen LogP contribution is -2.51. The molecule has 0 heterocycles. The highest BCUT2D eigenvalue weighted by molar-refractivity contribution is 5.52. The summed E-state index contributed by atoms with van der Waals surface area (Å²) < 4.78 is 0. The summed E-state index contributed by atoms with van der Waals surface area (Å²) in [7, 11) is 0. The molecular formula is C24H26N2. The Balaban J connectivity index is 2.07. The molecule has 2 atom stereocenters. The van der Waals surface area contributed by atoms with Crippen LogP contribution in [0.5, 0.6) is 0 Å². The van der Waals surface area contributed by atoms with Crippen LogP contribution in [-0.2, 0) is 5.41 Å². The zero-order chi connectivity index (χ0) is 18.0. The molecule has 2 unspecified atom stereocenters. The first-order chi connectivity index (χ1) is 12.7. The van der Waals surface area contributed by atoms with Crippen LogP contribution in [-0.4, -0.2) is 12.1 Å². The van der Waals surface area contributed by atoms with Crippen molar-refractivity contribution in [1.29, 1.82) is 0 Å². The van der Waals surface area contributed by atoms with Crippen LogP contribution in [0.1, 0.15) is 29.5 Å². The topological polar surface area (TPSA) is 52.0 Å². The Labute approximate surface area is 155 Å². The van der Waals surface area contributed by atoms with Gasteiger partial charge in [-0.05, 0) is 29.5 Å². The first-order valence-electron chi connectivity index (χ1n) is 9.42. The molecule has 3 aromatic rings. The maximum Gasteiger partial charge on any atom is 0.0508 e. The lowest BCUT2D eigenvalue weighted by molar-refractivity contribution is 0.314. The predicted molar refractivity (Wildman–Crippen MR) is 108 cm³/mol. The van der Waals surface area contributed by atoms with Crippen LogP contribution in [0.25, 0.3) is 0 Å². The van der Waals surface area contributed by atoms with Crippen LogP contribution >= 0.6 is 0 Å². The summed E-state index contributed by atoms with van der Waals surface area (Å²) in [5.74, 6) is 0.148.